The molecule has 2 heterocycles. The average molecular weight is 296 g/mol. The van der Waals surface area contributed by atoms with Crippen LogP contribution in [0.5, 0.6) is 0 Å². The Bertz CT molecular complexity index is 453. The van der Waals surface area contributed by atoms with E-state index in [9.17, 15) is 5.11 Å². The number of fused-ring (bicyclic) bond motifs is 1. The number of benzene rings is 1. The maximum Gasteiger partial charge on any atom is 0.186 e. The summed E-state index contributed by atoms with van der Waals surface area (Å²) in [6.45, 7) is 0.331. The molecule has 0 unspecified atom stereocenters. The Balaban J connectivity index is 1.75. The predicted molar refractivity (Wildman–Crippen MR) is 72.5 cm³/mol. The minimum Gasteiger partial charge on any atom is -0.387 e. The lowest BCUT2D eigenvalue weighted by atomic mass is 9.97. The molecule has 1 aromatic rings. The third kappa shape index (κ3) is 2.83. The van der Waals surface area contributed by atoms with Crippen LogP contribution in [0, 0.1) is 0 Å². The van der Waals surface area contributed by atoms with Gasteiger partial charge in [0.2, 0.25) is 0 Å². The minimum atomic E-state index is -0.839. The van der Waals surface area contributed by atoms with Crippen molar-refractivity contribution in [2.24, 2.45) is 0 Å². The highest BCUT2D eigenvalue weighted by atomic mass is 16.8. The van der Waals surface area contributed by atoms with Crippen molar-refractivity contribution in [1.82, 2.24) is 0 Å². The van der Waals surface area contributed by atoms with Gasteiger partial charge in [-0.15, -0.1) is 0 Å². The Morgan fingerprint density at radius 3 is 2.52 bits per heavy atom. The van der Waals surface area contributed by atoms with Crippen molar-refractivity contribution in [3.63, 3.8) is 0 Å². The molecule has 2 fully saturated rings. The second kappa shape index (κ2) is 6.39. The van der Waals surface area contributed by atoms with Crippen LogP contribution in [0.4, 0.5) is 0 Å². The van der Waals surface area contributed by atoms with Crippen LogP contribution < -0.4 is 0 Å². The summed E-state index contributed by atoms with van der Waals surface area (Å²) in [6, 6.07) is 9.61. The fraction of sp³-hybridized carbons (Fsp3) is 0.600. The van der Waals surface area contributed by atoms with Gasteiger partial charge >= 0.3 is 0 Å². The first kappa shape index (κ1) is 14.9. The second-order valence-electron chi connectivity index (χ2n) is 5.15. The van der Waals surface area contributed by atoms with Crippen molar-refractivity contribution in [2.75, 3.05) is 20.8 Å². The first-order valence-electron chi connectivity index (χ1n) is 6.95. The maximum absolute atomic E-state index is 10.5. The Kier molecular flexibility index (Phi) is 4.54. The lowest BCUT2D eigenvalue weighted by molar-refractivity contribution is -0.360. The van der Waals surface area contributed by atoms with Crippen LogP contribution in [0.25, 0.3) is 0 Å². The number of rotatable bonds is 3. The normalized spacial score (nSPS) is 39.8. The van der Waals surface area contributed by atoms with Gasteiger partial charge in [0, 0.05) is 19.8 Å². The molecule has 6 nitrogen and oxygen atoms in total. The van der Waals surface area contributed by atoms with Gasteiger partial charge in [0.25, 0.3) is 0 Å². The number of ether oxygens (including phenoxy) is 5. The molecule has 0 aromatic heterocycles. The summed E-state index contributed by atoms with van der Waals surface area (Å²) in [4.78, 5) is 0. The summed E-state index contributed by atoms with van der Waals surface area (Å²) in [6.07, 6.45) is -3.47. The molecule has 0 spiro atoms. The monoisotopic (exact) mass is 296 g/mol. The molecule has 21 heavy (non-hydrogen) atoms. The molecule has 0 aliphatic carbocycles. The summed E-state index contributed by atoms with van der Waals surface area (Å²) < 4.78 is 27.8. The zero-order valence-corrected chi connectivity index (χ0v) is 12.0. The van der Waals surface area contributed by atoms with Crippen molar-refractivity contribution >= 4 is 0 Å². The third-order valence-electron chi connectivity index (χ3n) is 3.89. The largest absolute Gasteiger partial charge is 0.387 e. The van der Waals surface area contributed by atoms with Crippen LogP contribution >= 0.6 is 0 Å². The lowest BCUT2D eigenvalue weighted by Crippen LogP contribution is -2.62. The van der Waals surface area contributed by atoms with Crippen LogP contribution in [-0.4, -0.2) is 56.6 Å². The van der Waals surface area contributed by atoms with Crippen molar-refractivity contribution in [3.05, 3.63) is 35.9 Å². The van der Waals surface area contributed by atoms with E-state index in [1.165, 1.54) is 14.2 Å². The van der Waals surface area contributed by atoms with E-state index in [2.05, 4.69) is 0 Å². The van der Waals surface area contributed by atoms with E-state index in [-0.39, 0.29) is 6.10 Å². The molecule has 3 rings (SSSR count). The molecule has 0 amide bonds. The highest BCUT2D eigenvalue weighted by Gasteiger charge is 2.49. The van der Waals surface area contributed by atoms with Gasteiger partial charge in [-0.2, -0.15) is 0 Å². The highest BCUT2D eigenvalue weighted by Crippen LogP contribution is 2.34. The van der Waals surface area contributed by atoms with Gasteiger partial charge in [0.15, 0.2) is 12.6 Å². The van der Waals surface area contributed by atoms with Crippen molar-refractivity contribution in [2.45, 2.75) is 37.0 Å². The number of hydrogen-bond donors (Lipinski definition) is 1. The molecule has 6 heteroatoms. The second-order valence-corrected chi connectivity index (χ2v) is 5.15. The number of aliphatic hydroxyl groups excluding tert-OH is 1. The first-order chi connectivity index (χ1) is 10.2. The van der Waals surface area contributed by atoms with E-state index in [0.29, 0.717) is 6.61 Å². The summed E-state index contributed by atoms with van der Waals surface area (Å²) in [5.74, 6) is 0. The fourth-order valence-electron chi connectivity index (χ4n) is 2.79. The third-order valence-corrected chi connectivity index (χ3v) is 3.89. The maximum atomic E-state index is 10.5. The van der Waals surface area contributed by atoms with E-state index < -0.39 is 30.9 Å². The SMILES string of the molecule is CO[C@@H]1O[C@@H]2CO[C@H](c3ccccc3)O[C@@H]2[C@@H](O)[C@H]1OC. The topological polar surface area (TPSA) is 66.4 Å². The Labute approximate surface area is 123 Å². The van der Waals surface area contributed by atoms with Crippen LogP contribution in [0.1, 0.15) is 11.9 Å². The molecular formula is C15H20O6. The van der Waals surface area contributed by atoms with E-state index in [0.717, 1.165) is 5.56 Å². The fourth-order valence-corrected chi connectivity index (χ4v) is 2.79. The van der Waals surface area contributed by atoms with Gasteiger partial charge in [-0.05, 0) is 0 Å². The number of hydrogen-bond acceptors (Lipinski definition) is 6. The van der Waals surface area contributed by atoms with Crippen molar-refractivity contribution in [3.8, 4) is 0 Å². The van der Waals surface area contributed by atoms with Crippen LogP contribution in [-0.2, 0) is 23.7 Å². The van der Waals surface area contributed by atoms with Gasteiger partial charge in [-0.3, -0.25) is 0 Å². The van der Waals surface area contributed by atoms with E-state index in [1.54, 1.807) is 0 Å². The minimum absolute atomic E-state index is 0.331. The average Bonchev–Trinajstić information content (AvgIpc) is 2.55. The quantitative estimate of drug-likeness (QED) is 0.892. The molecule has 2 saturated heterocycles. The highest BCUT2D eigenvalue weighted by molar-refractivity contribution is 5.16. The molecule has 1 N–H and O–H groups in total. The van der Waals surface area contributed by atoms with Gasteiger partial charge in [-0.1, -0.05) is 30.3 Å². The molecule has 1 aromatic carbocycles. The molecule has 2 aliphatic heterocycles. The smallest absolute Gasteiger partial charge is 0.186 e. The zero-order valence-electron chi connectivity index (χ0n) is 12.0. The Morgan fingerprint density at radius 2 is 1.86 bits per heavy atom. The molecule has 2 aliphatic rings. The molecule has 6 atom stereocenters. The Morgan fingerprint density at radius 1 is 1.10 bits per heavy atom. The molecule has 0 saturated carbocycles. The van der Waals surface area contributed by atoms with E-state index in [1.807, 2.05) is 30.3 Å². The van der Waals surface area contributed by atoms with Gasteiger partial charge < -0.3 is 28.8 Å². The van der Waals surface area contributed by atoms with E-state index in [4.69, 9.17) is 23.7 Å². The van der Waals surface area contributed by atoms with Crippen LogP contribution in [0.15, 0.2) is 30.3 Å². The number of methoxy groups -OCH3 is 2. The molecule has 0 bridgehead atoms. The van der Waals surface area contributed by atoms with Gasteiger partial charge in [0.05, 0.1) is 6.61 Å². The predicted octanol–water partition coefficient (Wildman–Crippen LogP) is 0.848. The molecule has 0 radical (unpaired) electrons. The van der Waals surface area contributed by atoms with Crippen LogP contribution in [0.2, 0.25) is 0 Å². The summed E-state index contributed by atoms with van der Waals surface area (Å²) in [5.41, 5.74) is 0.908. The van der Waals surface area contributed by atoms with Crippen LogP contribution in [0.3, 0.4) is 0 Å². The van der Waals surface area contributed by atoms with Gasteiger partial charge in [0.1, 0.15) is 24.4 Å². The number of aliphatic hydroxyl groups is 1. The first-order valence-corrected chi connectivity index (χ1v) is 6.95. The lowest BCUT2D eigenvalue weighted by Gasteiger charge is -2.46. The zero-order chi connectivity index (χ0) is 14.8. The summed E-state index contributed by atoms with van der Waals surface area (Å²) >= 11 is 0. The summed E-state index contributed by atoms with van der Waals surface area (Å²) in [7, 11) is 3.03. The standard InChI is InChI=1S/C15H20O6/c1-17-13-11(16)12-10(20-15(13)18-2)8-19-14(21-12)9-6-4-3-5-7-9/h3-7,10-16H,8H2,1-2H3/t10-,11-,12+,13-,14+,15-/m1/s1. The molecule has 116 valence electrons. The molecular weight excluding hydrogens is 276 g/mol. The summed E-state index contributed by atoms with van der Waals surface area (Å²) in [5, 5.41) is 10.5. The van der Waals surface area contributed by atoms with E-state index >= 15 is 0 Å². The van der Waals surface area contributed by atoms with Crippen molar-refractivity contribution < 1.29 is 28.8 Å². The Hall–Kier alpha value is -1.02. The van der Waals surface area contributed by atoms with Crippen molar-refractivity contribution in [1.29, 1.82) is 0 Å². The van der Waals surface area contributed by atoms with Gasteiger partial charge in [-0.25, -0.2) is 0 Å².